The summed E-state index contributed by atoms with van der Waals surface area (Å²) in [5.74, 6) is 0.176. The van der Waals surface area contributed by atoms with Crippen molar-refractivity contribution in [3.8, 4) is 6.07 Å². The molecule has 80 valence electrons. The summed E-state index contributed by atoms with van der Waals surface area (Å²) in [5.41, 5.74) is -1.25. The van der Waals surface area contributed by atoms with Crippen LogP contribution in [-0.2, 0) is 0 Å². The first-order valence-electron chi connectivity index (χ1n) is 5.30. The molecular formula is C11H20N2O. The van der Waals surface area contributed by atoms with Crippen LogP contribution in [0.2, 0.25) is 0 Å². The summed E-state index contributed by atoms with van der Waals surface area (Å²) < 4.78 is 0. The van der Waals surface area contributed by atoms with E-state index in [2.05, 4.69) is 11.4 Å². The van der Waals surface area contributed by atoms with Gasteiger partial charge in [0, 0.05) is 6.42 Å². The molecule has 2 unspecified atom stereocenters. The summed E-state index contributed by atoms with van der Waals surface area (Å²) in [7, 11) is 0. The summed E-state index contributed by atoms with van der Waals surface area (Å²) in [4.78, 5) is 0. The predicted molar refractivity (Wildman–Crippen MR) is 55.7 cm³/mol. The van der Waals surface area contributed by atoms with Gasteiger partial charge in [-0.3, -0.25) is 5.32 Å². The molecule has 3 nitrogen and oxygen atoms in total. The fraction of sp³-hybridized carbons (Fsp3) is 0.909. The van der Waals surface area contributed by atoms with Crippen molar-refractivity contribution >= 4 is 0 Å². The van der Waals surface area contributed by atoms with E-state index in [0.29, 0.717) is 6.42 Å². The Labute approximate surface area is 86.1 Å². The highest BCUT2D eigenvalue weighted by Gasteiger charge is 2.41. The molecule has 0 aliphatic carbocycles. The first-order chi connectivity index (χ1) is 6.42. The van der Waals surface area contributed by atoms with Crippen molar-refractivity contribution in [3.63, 3.8) is 0 Å². The largest absolute Gasteiger partial charge is 0.390 e. The van der Waals surface area contributed by atoms with Crippen LogP contribution in [-0.4, -0.2) is 22.8 Å². The van der Waals surface area contributed by atoms with Gasteiger partial charge < -0.3 is 5.11 Å². The van der Waals surface area contributed by atoms with Crippen LogP contribution in [0.3, 0.4) is 0 Å². The molecule has 2 N–H and O–H groups in total. The Bertz CT molecular complexity index is 234. The fourth-order valence-electron chi connectivity index (χ4n) is 1.91. The third-order valence-corrected chi connectivity index (χ3v) is 3.36. The minimum absolute atomic E-state index is 0.176. The zero-order chi connectivity index (χ0) is 10.8. The highest BCUT2D eigenvalue weighted by atomic mass is 16.3. The standard InChI is InChI=1S/C11H20N2O/c1-9(2)10(3,14)7-11(8-12)5-4-6-13-11/h9,13-14H,4-7H2,1-3H3. The lowest BCUT2D eigenvalue weighted by Gasteiger charge is -2.34. The van der Waals surface area contributed by atoms with E-state index in [4.69, 9.17) is 5.26 Å². The Morgan fingerprint density at radius 2 is 2.29 bits per heavy atom. The zero-order valence-electron chi connectivity index (χ0n) is 9.30. The molecule has 0 aromatic heterocycles. The highest BCUT2D eigenvalue weighted by Crippen LogP contribution is 2.32. The molecule has 1 aliphatic heterocycles. The van der Waals surface area contributed by atoms with Crippen molar-refractivity contribution in [1.29, 1.82) is 5.26 Å². The van der Waals surface area contributed by atoms with Gasteiger partial charge in [-0.15, -0.1) is 0 Å². The average Bonchev–Trinajstić information content (AvgIpc) is 2.53. The van der Waals surface area contributed by atoms with E-state index in [-0.39, 0.29) is 5.92 Å². The molecule has 14 heavy (non-hydrogen) atoms. The van der Waals surface area contributed by atoms with Crippen molar-refractivity contribution in [2.45, 2.75) is 51.2 Å². The SMILES string of the molecule is CC(C)C(C)(O)CC1(C#N)CCCN1. The summed E-state index contributed by atoms with van der Waals surface area (Å²) >= 11 is 0. The maximum atomic E-state index is 10.2. The predicted octanol–water partition coefficient (Wildman–Crippen LogP) is 1.43. The van der Waals surface area contributed by atoms with Crippen LogP contribution < -0.4 is 5.32 Å². The van der Waals surface area contributed by atoms with Gasteiger partial charge in [0.1, 0.15) is 5.54 Å². The van der Waals surface area contributed by atoms with Crippen LogP contribution in [0.25, 0.3) is 0 Å². The molecule has 0 radical (unpaired) electrons. The van der Waals surface area contributed by atoms with Crippen LogP contribution in [0.1, 0.15) is 40.0 Å². The summed E-state index contributed by atoms with van der Waals surface area (Å²) in [6.45, 7) is 6.68. The molecule has 2 atom stereocenters. The molecule has 0 saturated carbocycles. The Hall–Kier alpha value is -0.590. The summed E-state index contributed by atoms with van der Waals surface area (Å²) in [5, 5.41) is 22.5. The van der Waals surface area contributed by atoms with Gasteiger partial charge in [-0.05, 0) is 32.2 Å². The molecule has 1 aliphatic rings. The molecule has 0 spiro atoms. The maximum Gasteiger partial charge on any atom is 0.109 e. The fourth-order valence-corrected chi connectivity index (χ4v) is 1.91. The van der Waals surface area contributed by atoms with Gasteiger partial charge in [-0.25, -0.2) is 0 Å². The Morgan fingerprint density at radius 3 is 2.64 bits per heavy atom. The van der Waals surface area contributed by atoms with E-state index in [1.54, 1.807) is 0 Å². The van der Waals surface area contributed by atoms with Crippen molar-refractivity contribution in [1.82, 2.24) is 5.32 Å². The van der Waals surface area contributed by atoms with Gasteiger partial charge in [-0.2, -0.15) is 5.26 Å². The monoisotopic (exact) mass is 196 g/mol. The lowest BCUT2D eigenvalue weighted by atomic mass is 9.79. The number of rotatable bonds is 3. The highest BCUT2D eigenvalue weighted by molar-refractivity contribution is 5.12. The molecule has 1 rings (SSSR count). The topological polar surface area (TPSA) is 56.0 Å². The minimum atomic E-state index is -0.757. The number of nitrogens with zero attached hydrogens (tertiary/aromatic N) is 1. The first-order valence-corrected chi connectivity index (χ1v) is 5.30. The third-order valence-electron chi connectivity index (χ3n) is 3.36. The van der Waals surface area contributed by atoms with Crippen molar-refractivity contribution in [3.05, 3.63) is 0 Å². The number of hydrogen-bond acceptors (Lipinski definition) is 3. The molecule has 3 heteroatoms. The summed E-state index contributed by atoms with van der Waals surface area (Å²) in [6, 6.07) is 2.32. The van der Waals surface area contributed by atoms with Gasteiger partial charge in [-0.1, -0.05) is 13.8 Å². The Kier molecular flexibility index (Phi) is 3.18. The molecular weight excluding hydrogens is 176 g/mol. The van der Waals surface area contributed by atoms with Gasteiger partial charge in [0.15, 0.2) is 0 Å². The molecule has 0 aromatic rings. The molecule has 0 bridgehead atoms. The average molecular weight is 196 g/mol. The van der Waals surface area contributed by atoms with Crippen molar-refractivity contribution < 1.29 is 5.11 Å². The number of aliphatic hydroxyl groups is 1. The van der Waals surface area contributed by atoms with Crippen molar-refractivity contribution in [2.75, 3.05) is 6.54 Å². The van der Waals surface area contributed by atoms with E-state index in [0.717, 1.165) is 19.4 Å². The third kappa shape index (κ3) is 2.26. The summed E-state index contributed by atoms with van der Waals surface area (Å²) in [6.07, 6.45) is 2.41. The maximum absolute atomic E-state index is 10.2. The lowest BCUT2D eigenvalue weighted by molar-refractivity contribution is -0.0101. The van der Waals surface area contributed by atoms with E-state index in [1.807, 2.05) is 20.8 Å². The van der Waals surface area contributed by atoms with E-state index < -0.39 is 11.1 Å². The van der Waals surface area contributed by atoms with Crippen LogP contribution in [0.5, 0.6) is 0 Å². The lowest BCUT2D eigenvalue weighted by Crippen LogP contribution is -2.47. The van der Waals surface area contributed by atoms with Crippen molar-refractivity contribution in [2.24, 2.45) is 5.92 Å². The smallest absolute Gasteiger partial charge is 0.109 e. The van der Waals surface area contributed by atoms with Crippen LogP contribution >= 0.6 is 0 Å². The Morgan fingerprint density at radius 1 is 1.64 bits per heavy atom. The quantitative estimate of drug-likeness (QED) is 0.718. The second-order valence-corrected chi connectivity index (χ2v) is 4.91. The molecule has 1 heterocycles. The van der Waals surface area contributed by atoms with Gasteiger partial charge in [0.05, 0.1) is 11.7 Å². The van der Waals surface area contributed by atoms with E-state index in [9.17, 15) is 5.11 Å². The van der Waals surface area contributed by atoms with Crippen LogP contribution in [0.15, 0.2) is 0 Å². The zero-order valence-corrected chi connectivity index (χ0v) is 9.30. The number of nitriles is 1. The minimum Gasteiger partial charge on any atom is -0.390 e. The van der Waals surface area contributed by atoms with Gasteiger partial charge in [0.25, 0.3) is 0 Å². The first kappa shape index (κ1) is 11.5. The number of nitrogens with one attached hydrogen (secondary N) is 1. The second kappa shape index (κ2) is 3.88. The van der Waals surface area contributed by atoms with Gasteiger partial charge >= 0.3 is 0 Å². The van der Waals surface area contributed by atoms with Crippen LogP contribution in [0, 0.1) is 17.2 Å². The number of hydrogen-bond donors (Lipinski definition) is 2. The molecule has 1 fully saturated rings. The molecule has 0 aromatic carbocycles. The van der Waals surface area contributed by atoms with Crippen LogP contribution in [0.4, 0.5) is 0 Å². The van der Waals surface area contributed by atoms with Gasteiger partial charge in [0.2, 0.25) is 0 Å². The van der Waals surface area contributed by atoms with E-state index >= 15 is 0 Å². The second-order valence-electron chi connectivity index (χ2n) is 4.91. The molecule has 1 saturated heterocycles. The molecule has 0 amide bonds. The Balaban J connectivity index is 2.70. The normalized spacial score (nSPS) is 31.4. The van der Waals surface area contributed by atoms with E-state index in [1.165, 1.54) is 0 Å².